The van der Waals surface area contributed by atoms with Crippen molar-refractivity contribution in [3.8, 4) is 11.5 Å². The van der Waals surface area contributed by atoms with E-state index in [0.29, 0.717) is 23.0 Å². The zero-order valence-corrected chi connectivity index (χ0v) is 16.9. The van der Waals surface area contributed by atoms with E-state index in [-0.39, 0.29) is 17.8 Å². The van der Waals surface area contributed by atoms with Crippen LogP contribution in [0.3, 0.4) is 0 Å². The standard InChI is InChI=1S/C21H21FN8O/c1-14(31)30-10-7-20(27-30)28-9-2-3-16(13-28)25-18-6-8-23-21(26-18)17-11-24-19-5-4-15(22)12-29(17)19/h4-8,10-12,16H,2-3,9,13H2,1H3,(H,23,25,26). The molecule has 1 fully saturated rings. The van der Waals surface area contributed by atoms with Crippen LogP contribution in [0.15, 0.2) is 49.1 Å². The summed E-state index contributed by atoms with van der Waals surface area (Å²) in [5.74, 6) is 1.49. The third-order valence-corrected chi connectivity index (χ3v) is 5.35. The van der Waals surface area contributed by atoms with Gasteiger partial charge in [-0.1, -0.05) is 0 Å². The number of hydrogen-bond donors (Lipinski definition) is 1. The molecule has 1 unspecified atom stereocenters. The first kappa shape index (κ1) is 19.2. The van der Waals surface area contributed by atoms with Crippen LogP contribution in [0.5, 0.6) is 0 Å². The third-order valence-electron chi connectivity index (χ3n) is 5.35. The van der Waals surface area contributed by atoms with Crippen molar-refractivity contribution in [1.82, 2.24) is 29.1 Å². The summed E-state index contributed by atoms with van der Waals surface area (Å²) in [6.45, 7) is 3.12. The van der Waals surface area contributed by atoms with Gasteiger partial charge in [0.2, 0.25) is 5.91 Å². The van der Waals surface area contributed by atoms with Gasteiger partial charge in [-0.05, 0) is 31.0 Å². The molecular weight excluding hydrogens is 399 g/mol. The van der Waals surface area contributed by atoms with Crippen LogP contribution in [0.4, 0.5) is 16.0 Å². The molecule has 1 N–H and O–H groups in total. The van der Waals surface area contributed by atoms with Crippen LogP contribution in [-0.4, -0.2) is 54.2 Å². The van der Waals surface area contributed by atoms with Crippen LogP contribution in [0.2, 0.25) is 0 Å². The number of fused-ring (bicyclic) bond motifs is 1. The van der Waals surface area contributed by atoms with Gasteiger partial charge < -0.3 is 10.2 Å². The maximum Gasteiger partial charge on any atom is 0.243 e. The average Bonchev–Trinajstić information content (AvgIpc) is 3.42. The summed E-state index contributed by atoms with van der Waals surface area (Å²) < 4.78 is 16.7. The minimum Gasteiger partial charge on any atom is -0.365 e. The van der Waals surface area contributed by atoms with Crippen molar-refractivity contribution in [3.63, 3.8) is 0 Å². The van der Waals surface area contributed by atoms with Crippen molar-refractivity contribution in [2.75, 3.05) is 23.3 Å². The van der Waals surface area contributed by atoms with Gasteiger partial charge in [-0.25, -0.2) is 24.0 Å². The molecule has 1 aliphatic rings. The second-order valence-corrected chi connectivity index (χ2v) is 7.55. The lowest BCUT2D eigenvalue weighted by Gasteiger charge is -2.33. The lowest BCUT2D eigenvalue weighted by Crippen LogP contribution is -2.42. The van der Waals surface area contributed by atoms with E-state index in [2.05, 4.69) is 30.3 Å². The van der Waals surface area contributed by atoms with Gasteiger partial charge >= 0.3 is 0 Å². The van der Waals surface area contributed by atoms with Gasteiger partial charge in [-0.15, -0.1) is 5.10 Å². The smallest absolute Gasteiger partial charge is 0.243 e. The Morgan fingerprint density at radius 2 is 2.13 bits per heavy atom. The second kappa shape index (κ2) is 7.78. The van der Waals surface area contributed by atoms with E-state index in [9.17, 15) is 9.18 Å². The van der Waals surface area contributed by atoms with E-state index in [0.717, 1.165) is 31.7 Å². The number of carbonyl (C=O) groups excluding carboxylic acids is 1. The molecule has 0 bridgehead atoms. The zero-order chi connectivity index (χ0) is 21.4. The quantitative estimate of drug-likeness (QED) is 0.543. The van der Waals surface area contributed by atoms with Crippen molar-refractivity contribution >= 4 is 23.2 Å². The molecule has 0 spiro atoms. The molecular formula is C21H21FN8O. The fourth-order valence-corrected chi connectivity index (χ4v) is 3.85. The normalized spacial score (nSPS) is 16.6. The van der Waals surface area contributed by atoms with Crippen molar-refractivity contribution in [3.05, 3.63) is 54.9 Å². The lowest BCUT2D eigenvalue weighted by molar-refractivity contribution is 0.0921. The summed E-state index contributed by atoms with van der Waals surface area (Å²) in [5.41, 5.74) is 1.25. The van der Waals surface area contributed by atoms with Crippen molar-refractivity contribution in [1.29, 1.82) is 0 Å². The Balaban J connectivity index is 1.34. The number of imidazole rings is 1. The third kappa shape index (κ3) is 3.83. The summed E-state index contributed by atoms with van der Waals surface area (Å²) in [6, 6.07) is 6.83. The molecule has 4 aromatic heterocycles. The first-order chi connectivity index (χ1) is 15.1. The van der Waals surface area contributed by atoms with Gasteiger partial charge in [-0.3, -0.25) is 9.20 Å². The molecule has 1 saturated heterocycles. The number of halogens is 1. The molecule has 1 aliphatic heterocycles. The predicted octanol–water partition coefficient (Wildman–Crippen LogP) is 2.87. The summed E-state index contributed by atoms with van der Waals surface area (Å²) >= 11 is 0. The number of carbonyl (C=O) groups is 1. The highest BCUT2D eigenvalue weighted by Gasteiger charge is 2.22. The Morgan fingerprint density at radius 3 is 2.97 bits per heavy atom. The number of nitrogens with one attached hydrogen (secondary N) is 1. The van der Waals surface area contributed by atoms with Gasteiger partial charge in [-0.2, -0.15) is 0 Å². The SMILES string of the molecule is CC(=O)n1ccc(N2CCCC(Nc3ccnc(-c4cnc5ccc(F)cn45)n3)C2)n1. The fourth-order valence-electron chi connectivity index (χ4n) is 3.85. The van der Waals surface area contributed by atoms with Gasteiger partial charge in [0.15, 0.2) is 11.6 Å². The molecule has 9 nitrogen and oxygen atoms in total. The molecule has 5 heterocycles. The minimum atomic E-state index is -0.351. The minimum absolute atomic E-state index is 0.112. The monoisotopic (exact) mass is 420 g/mol. The van der Waals surface area contributed by atoms with E-state index in [1.165, 1.54) is 23.9 Å². The van der Waals surface area contributed by atoms with Crippen molar-refractivity contribution < 1.29 is 9.18 Å². The van der Waals surface area contributed by atoms with Crippen LogP contribution in [0.25, 0.3) is 17.2 Å². The summed E-state index contributed by atoms with van der Waals surface area (Å²) in [6.07, 6.45) is 8.36. The molecule has 4 aromatic rings. The summed E-state index contributed by atoms with van der Waals surface area (Å²) in [4.78, 5) is 26.9. The molecule has 5 rings (SSSR count). The summed E-state index contributed by atoms with van der Waals surface area (Å²) in [5, 5.41) is 7.83. The number of pyridine rings is 1. The highest BCUT2D eigenvalue weighted by molar-refractivity contribution is 5.75. The maximum absolute atomic E-state index is 13.7. The van der Waals surface area contributed by atoms with E-state index >= 15 is 0 Å². The Labute approximate surface area is 177 Å². The number of piperidine rings is 1. The van der Waals surface area contributed by atoms with Crippen LogP contribution in [-0.2, 0) is 0 Å². The van der Waals surface area contributed by atoms with E-state index in [1.807, 2.05) is 12.1 Å². The Kier molecular flexibility index (Phi) is 4.81. The molecule has 0 aromatic carbocycles. The van der Waals surface area contributed by atoms with Crippen molar-refractivity contribution in [2.24, 2.45) is 0 Å². The topological polar surface area (TPSA) is 93.2 Å². The van der Waals surface area contributed by atoms with E-state index < -0.39 is 0 Å². The molecule has 0 amide bonds. The number of nitrogens with zero attached hydrogens (tertiary/aromatic N) is 7. The van der Waals surface area contributed by atoms with Gasteiger partial charge in [0.25, 0.3) is 0 Å². The highest BCUT2D eigenvalue weighted by Crippen LogP contribution is 2.22. The molecule has 158 valence electrons. The molecule has 1 atom stereocenters. The molecule has 0 radical (unpaired) electrons. The largest absolute Gasteiger partial charge is 0.365 e. The van der Waals surface area contributed by atoms with Crippen LogP contribution in [0.1, 0.15) is 24.6 Å². The first-order valence-corrected chi connectivity index (χ1v) is 10.1. The maximum atomic E-state index is 13.7. The predicted molar refractivity (Wildman–Crippen MR) is 114 cm³/mol. The molecule has 10 heteroatoms. The fraction of sp³-hybridized carbons (Fsp3) is 0.286. The number of aromatic nitrogens is 6. The molecule has 0 aliphatic carbocycles. The summed E-state index contributed by atoms with van der Waals surface area (Å²) in [7, 11) is 0. The van der Waals surface area contributed by atoms with Crippen LogP contribution >= 0.6 is 0 Å². The second-order valence-electron chi connectivity index (χ2n) is 7.55. The Morgan fingerprint density at radius 1 is 1.23 bits per heavy atom. The van der Waals surface area contributed by atoms with E-state index in [4.69, 9.17) is 0 Å². The van der Waals surface area contributed by atoms with Crippen LogP contribution in [0, 0.1) is 5.82 Å². The van der Waals surface area contributed by atoms with E-state index in [1.54, 1.807) is 29.1 Å². The van der Waals surface area contributed by atoms with Gasteiger partial charge in [0.05, 0.1) is 6.20 Å². The van der Waals surface area contributed by atoms with Gasteiger partial charge in [0, 0.05) is 50.7 Å². The zero-order valence-electron chi connectivity index (χ0n) is 16.9. The van der Waals surface area contributed by atoms with Gasteiger partial charge in [0.1, 0.15) is 23.0 Å². The number of hydrogen-bond acceptors (Lipinski definition) is 7. The number of rotatable bonds is 4. The lowest BCUT2D eigenvalue weighted by atomic mass is 10.1. The number of anilines is 2. The molecule has 31 heavy (non-hydrogen) atoms. The highest BCUT2D eigenvalue weighted by atomic mass is 19.1. The first-order valence-electron chi connectivity index (χ1n) is 10.1. The molecule has 0 saturated carbocycles. The Hall–Kier alpha value is -3.82. The average molecular weight is 420 g/mol. The van der Waals surface area contributed by atoms with Crippen molar-refractivity contribution in [2.45, 2.75) is 25.8 Å². The van der Waals surface area contributed by atoms with Crippen LogP contribution < -0.4 is 10.2 Å². The Bertz CT molecular complexity index is 1250.